The Bertz CT molecular complexity index is 411. The van der Waals surface area contributed by atoms with E-state index in [0.717, 1.165) is 25.0 Å². The molecular formula is C18H28O3. The highest BCUT2D eigenvalue weighted by molar-refractivity contribution is 5.69. The molecule has 21 heavy (non-hydrogen) atoms. The van der Waals surface area contributed by atoms with E-state index in [4.69, 9.17) is 9.47 Å². The second-order valence-corrected chi connectivity index (χ2v) is 5.59. The van der Waals surface area contributed by atoms with E-state index in [1.165, 1.54) is 5.56 Å². The third-order valence-electron chi connectivity index (χ3n) is 3.61. The van der Waals surface area contributed by atoms with Crippen molar-refractivity contribution in [3.05, 3.63) is 29.8 Å². The lowest BCUT2D eigenvalue weighted by Crippen LogP contribution is -2.21. The molecule has 2 unspecified atom stereocenters. The van der Waals surface area contributed by atoms with Crippen LogP contribution in [0.2, 0.25) is 0 Å². The van der Waals surface area contributed by atoms with Gasteiger partial charge in [-0.25, -0.2) is 0 Å². The number of hydrogen-bond donors (Lipinski definition) is 0. The SMILES string of the molecule is CCCCC(=O)OC(C)COc1ccc(C(C)CC)cc1. The highest BCUT2D eigenvalue weighted by Crippen LogP contribution is 2.21. The van der Waals surface area contributed by atoms with E-state index in [2.05, 4.69) is 32.9 Å². The Balaban J connectivity index is 2.35. The van der Waals surface area contributed by atoms with Gasteiger partial charge in [0.1, 0.15) is 18.5 Å². The van der Waals surface area contributed by atoms with Gasteiger partial charge < -0.3 is 9.47 Å². The molecule has 0 bridgehead atoms. The molecule has 0 amide bonds. The molecule has 0 spiro atoms. The summed E-state index contributed by atoms with van der Waals surface area (Å²) in [5.41, 5.74) is 1.32. The zero-order chi connectivity index (χ0) is 15.7. The zero-order valence-corrected chi connectivity index (χ0v) is 13.7. The fraction of sp³-hybridized carbons (Fsp3) is 0.611. The Hall–Kier alpha value is -1.51. The molecule has 0 aliphatic rings. The minimum Gasteiger partial charge on any atom is -0.490 e. The van der Waals surface area contributed by atoms with Gasteiger partial charge in [-0.2, -0.15) is 0 Å². The Kier molecular flexibility index (Phi) is 7.88. The van der Waals surface area contributed by atoms with Crippen molar-refractivity contribution in [3.8, 4) is 5.75 Å². The van der Waals surface area contributed by atoms with Crippen LogP contribution in [0.4, 0.5) is 0 Å². The van der Waals surface area contributed by atoms with Crippen molar-refractivity contribution in [3.63, 3.8) is 0 Å². The van der Waals surface area contributed by atoms with E-state index in [9.17, 15) is 4.79 Å². The van der Waals surface area contributed by atoms with Crippen LogP contribution in [0.1, 0.15) is 64.9 Å². The minimum absolute atomic E-state index is 0.139. The second kappa shape index (κ2) is 9.43. The van der Waals surface area contributed by atoms with E-state index in [1.807, 2.05) is 19.1 Å². The van der Waals surface area contributed by atoms with Gasteiger partial charge in [-0.1, -0.05) is 39.3 Å². The van der Waals surface area contributed by atoms with Gasteiger partial charge >= 0.3 is 5.97 Å². The largest absolute Gasteiger partial charge is 0.490 e. The summed E-state index contributed by atoms with van der Waals surface area (Å²) >= 11 is 0. The smallest absolute Gasteiger partial charge is 0.306 e. The van der Waals surface area contributed by atoms with Crippen molar-refractivity contribution in [2.24, 2.45) is 0 Å². The van der Waals surface area contributed by atoms with Crippen LogP contribution in [-0.4, -0.2) is 18.7 Å². The summed E-state index contributed by atoms with van der Waals surface area (Å²) in [6.45, 7) is 8.71. The first-order valence-electron chi connectivity index (χ1n) is 7.99. The van der Waals surface area contributed by atoms with E-state index in [0.29, 0.717) is 18.9 Å². The lowest BCUT2D eigenvalue weighted by molar-refractivity contribution is -0.149. The van der Waals surface area contributed by atoms with Crippen LogP contribution < -0.4 is 4.74 Å². The average molecular weight is 292 g/mol. The first-order chi connectivity index (χ1) is 10.1. The molecule has 0 N–H and O–H groups in total. The molecule has 0 saturated heterocycles. The summed E-state index contributed by atoms with van der Waals surface area (Å²) < 4.78 is 11.0. The Morgan fingerprint density at radius 2 is 1.81 bits per heavy atom. The molecule has 1 aromatic carbocycles. The quantitative estimate of drug-likeness (QED) is 0.619. The molecule has 0 fully saturated rings. The minimum atomic E-state index is -0.219. The zero-order valence-electron chi connectivity index (χ0n) is 13.7. The first-order valence-corrected chi connectivity index (χ1v) is 7.99. The molecule has 3 nitrogen and oxygen atoms in total. The van der Waals surface area contributed by atoms with Crippen molar-refractivity contribution >= 4 is 5.97 Å². The number of carbonyl (C=O) groups is 1. The van der Waals surface area contributed by atoms with Gasteiger partial charge in [0, 0.05) is 6.42 Å². The maximum atomic E-state index is 11.5. The lowest BCUT2D eigenvalue weighted by Gasteiger charge is -2.15. The lowest BCUT2D eigenvalue weighted by atomic mass is 9.99. The highest BCUT2D eigenvalue weighted by Gasteiger charge is 2.10. The maximum absolute atomic E-state index is 11.5. The van der Waals surface area contributed by atoms with Crippen LogP contribution in [0.25, 0.3) is 0 Å². The molecule has 0 saturated carbocycles. The molecule has 2 atom stereocenters. The number of benzene rings is 1. The summed E-state index contributed by atoms with van der Waals surface area (Å²) in [5.74, 6) is 1.25. The van der Waals surface area contributed by atoms with Gasteiger partial charge in [0.25, 0.3) is 0 Å². The Morgan fingerprint density at radius 1 is 1.14 bits per heavy atom. The molecule has 3 heteroatoms. The van der Waals surface area contributed by atoms with Gasteiger partial charge in [-0.05, 0) is 43.4 Å². The summed E-state index contributed by atoms with van der Waals surface area (Å²) in [6.07, 6.45) is 3.28. The highest BCUT2D eigenvalue weighted by atomic mass is 16.6. The van der Waals surface area contributed by atoms with Gasteiger partial charge in [0.2, 0.25) is 0 Å². The Morgan fingerprint density at radius 3 is 2.38 bits per heavy atom. The van der Waals surface area contributed by atoms with Crippen LogP contribution in [0.5, 0.6) is 5.75 Å². The van der Waals surface area contributed by atoms with Crippen molar-refractivity contribution in [2.75, 3.05) is 6.61 Å². The summed E-state index contributed by atoms with van der Waals surface area (Å²) in [6, 6.07) is 8.16. The van der Waals surface area contributed by atoms with Crippen LogP contribution in [0.3, 0.4) is 0 Å². The third kappa shape index (κ3) is 6.65. The molecule has 0 aliphatic carbocycles. The average Bonchev–Trinajstić information content (AvgIpc) is 2.50. The standard InChI is InChI=1S/C18H28O3/c1-5-7-8-18(19)21-15(4)13-20-17-11-9-16(10-12-17)14(3)6-2/h9-12,14-15H,5-8,13H2,1-4H3. The van der Waals surface area contributed by atoms with E-state index < -0.39 is 0 Å². The van der Waals surface area contributed by atoms with Crippen LogP contribution in [0.15, 0.2) is 24.3 Å². The van der Waals surface area contributed by atoms with E-state index >= 15 is 0 Å². The second-order valence-electron chi connectivity index (χ2n) is 5.59. The molecule has 0 radical (unpaired) electrons. The fourth-order valence-corrected chi connectivity index (χ4v) is 1.98. The maximum Gasteiger partial charge on any atom is 0.306 e. The molecule has 0 aromatic heterocycles. The predicted molar refractivity (Wildman–Crippen MR) is 85.7 cm³/mol. The number of hydrogen-bond acceptors (Lipinski definition) is 3. The molecule has 1 rings (SSSR count). The molecular weight excluding hydrogens is 264 g/mol. The topological polar surface area (TPSA) is 35.5 Å². The summed E-state index contributed by atoms with van der Waals surface area (Å²) in [7, 11) is 0. The number of rotatable bonds is 9. The summed E-state index contributed by atoms with van der Waals surface area (Å²) in [4.78, 5) is 11.5. The Labute approximate surface area is 128 Å². The van der Waals surface area contributed by atoms with Gasteiger partial charge in [-0.3, -0.25) is 4.79 Å². The molecule has 118 valence electrons. The van der Waals surface area contributed by atoms with E-state index in [1.54, 1.807) is 0 Å². The van der Waals surface area contributed by atoms with Gasteiger partial charge in [0.15, 0.2) is 0 Å². The number of carbonyl (C=O) groups excluding carboxylic acids is 1. The number of esters is 1. The van der Waals surface area contributed by atoms with Crippen molar-refractivity contribution in [2.45, 2.75) is 65.4 Å². The third-order valence-corrected chi connectivity index (χ3v) is 3.61. The normalized spacial score (nSPS) is 13.5. The van der Waals surface area contributed by atoms with E-state index in [-0.39, 0.29) is 12.1 Å². The number of unbranched alkanes of at least 4 members (excludes halogenated alkanes) is 1. The molecule has 0 aliphatic heterocycles. The van der Waals surface area contributed by atoms with Crippen molar-refractivity contribution < 1.29 is 14.3 Å². The van der Waals surface area contributed by atoms with Gasteiger partial charge in [-0.15, -0.1) is 0 Å². The van der Waals surface area contributed by atoms with Crippen molar-refractivity contribution in [1.82, 2.24) is 0 Å². The van der Waals surface area contributed by atoms with Crippen LogP contribution in [-0.2, 0) is 9.53 Å². The molecule has 1 aromatic rings. The first kappa shape index (κ1) is 17.5. The molecule has 0 heterocycles. The number of ether oxygens (including phenoxy) is 2. The monoisotopic (exact) mass is 292 g/mol. The van der Waals surface area contributed by atoms with Crippen LogP contribution >= 0.6 is 0 Å². The summed E-state index contributed by atoms with van der Waals surface area (Å²) in [5, 5.41) is 0. The fourth-order valence-electron chi connectivity index (χ4n) is 1.98. The van der Waals surface area contributed by atoms with Gasteiger partial charge in [0.05, 0.1) is 0 Å². The van der Waals surface area contributed by atoms with Crippen LogP contribution in [0, 0.1) is 0 Å². The predicted octanol–water partition coefficient (Wildman–Crippen LogP) is 4.70. The van der Waals surface area contributed by atoms with Crippen molar-refractivity contribution in [1.29, 1.82) is 0 Å².